The topological polar surface area (TPSA) is 49.4 Å². The highest BCUT2D eigenvalue weighted by Crippen LogP contribution is 2.30. The Morgan fingerprint density at radius 2 is 1.92 bits per heavy atom. The van der Waals surface area contributed by atoms with E-state index in [1.54, 1.807) is 29.2 Å². The van der Waals surface area contributed by atoms with Crippen molar-refractivity contribution in [3.63, 3.8) is 0 Å². The molecule has 1 N–H and O–H groups in total. The van der Waals surface area contributed by atoms with E-state index in [9.17, 15) is 9.59 Å². The van der Waals surface area contributed by atoms with Gasteiger partial charge in [-0.05, 0) is 54.3 Å². The Morgan fingerprint density at radius 3 is 2.64 bits per heavy atom. The summed E-state index contributed by atoms with van der Waals surface area (Å²) in [5.41, 5.74) is 3.78. The van der Waals surface area contributed by atoms with Gasteiger partial charge in [0.25, 0.3) is 5.91 Å². The molecule has 2 amide bonds. The van der Waals surface area contributed by atoms with E-state index in [-0.39, 0.29) is 11.8 Å². The molecule has 5 heteroatoms. The molecule has 3 rings (SSSR count). The maximum absolute atomic E-state index is 12.7. The van der Waals surface area contributed by atoms with E-state index in [0.717, 1.165) is 29.7 Å². The summed E-state index contributed by atoms with van der Waals surface area (Å²) in [5.74, 6) is 0.0574. The van der Waals surface area contributed by atoms with Crippen molar-refractivity contribution in [1.29, 1.82) is 0 Å². The van der Waals surface area contributed by atoms with Crippen LogP contribution in [0.15, 0.2) is 42.5 Å². The summed E-state index contributed by atoms with van der Waals surface area (Å²) in [6.07, 6.45) is 2.22. The number of halogens is 1. The molecule has 1 heterocycles. The van der Waals surface area contributed by atoms with Crippen LogP contribution >= 0.6 is 11.6 Å². The first-order valence-corrected chi connectivity index (χ1v) is 8.92. The quantitative estimate of drug-likeness (QED) is 0.881. The molecular formula is C20H21ClN2O2. The number of nitrogens with one attached hydrogen (secondary N) is 1. The predicted octanol–water partition coefficient (Wildman–Crippen LogP) is 3.96. The second kappa shape index (κ2) is 7.70. The van der Waals surface area contributed by atoms with E-state index in [1.807, 2.05) is 19.1 Å². The van der Waals surface area contributed by atoms with Crippen molar-refractivity contribution in [3.05, 3.63) is 64.2 Å². The first-order valence-electron chi connectivity index (χ1n) is 8.54. The number of benzene rings is 2. The average Bonchev–Trinajstić information content (AvgIpc) is 3.03. The van der Waals surface area contributed by atoms with E-state index in [2.05, 4.69) is 11.4 Å². The summed E-state index contributed by atoms with van der Waals surface area (Å²) >= 11 is 5.89. The molecular weight excluding hydrogens is 336 g/mol. The molecule has 0 aromatic heterocycles. The third-order valence-electron chi connectivity index (χ3n) is 4.34. The van der Waals surface area contributed by atoms with Crippen molar-refractivity contribution in [2.75, 3.05) is 11.4 Å². The van der Waals surface area contributed by atoms with Crippen molar-refractivity contribution in [2.45, 2.75) is 32.7 Å². The lowest BCUT2D eigenvalue weighted by Gasteiger charge is -2.18. The molecule has 2 aromatic rings. The number of carbonyl (C=O) groups is 2. The summed E-state index contributed by atoms with van der Waals surface area (Å²) in [5, 5.41) is 3.54. The first kappa shape index (κ1) is 17.5. The highest BCUT2D eigenvalue weighted by Gasteiger charge is 2.25. The van der Waals surface area contributed by atoms with E-state index in [4.69, 9.17) is 11.6 Å². The van der Waals surface area contributed by atoms with Crippen LogP contribution in [-0.4, -0.2) is 18.4 Å². The maximum Gasteiger partial charge on any atom is 0.258 e. The lowest BCUT2D eigenvalue weighted by Crippen LogP contribution is -2.28. The first-order chi connectivity index (χ1) is 12.1. The number of rotatable bonds is 5. The maximum atomic E-state index is 12.7. The van der Waals surface area contributed by atoms with Crippen molar-refractivity contribution >= 4 is 29.1 Å². The monoisotopic (exact) mass is 356 g/mol. The van der Waals surface area contributed by atoms with Crippen molar-refractivity contribution in [1.82, 2.24) is 5.32 Å². The Balaban J connectivity index is 1.71. The summed E-state index contributed by atoms with van der Waals surface area (Å²) in [6.45, 7) is 3.18. The Morgan fingerprint density at radius 1 is 1.16 bits per heavy atom. The summed E-state index contributed by atoms with van der Waals surface area (Å²) in [7, 11) is 0. The SMILES string of the molecule is CCCC(=O)NCc1ccc2c(c1)CCN2C(=O)c1ccc(Cl)cc1. The number of fused-ring (bicyclic) bond motifs is 1. The fourth-order valence-corrected chi connectivity index (χ4v) is 3.17. The minimum Gasteiger partial charge on any atom is -0.352 e. The minimum atomic E-state index is -0.0144. The summed E-state index contributed by atoms with van der Waals surface area (Å²) in [4.78, 5) is 26.1. The van der Waals surface area contributed by atoms with Crippen molar-refractivity contribution in [3.8, 4) is 0 Å². The smallest absolute Gasteiger partial charge is 0.258 e. The van der Waals surface area contributed by atoms with Gasteiger partial charge in [0.15, 0.2) is 0 Å². The third-order valence-corrected chi connectivity index (χ3v) is 4.59. The molecule has 130 valence electrons. The number of nitrogens with zero attached hydrogens (tertiary/aromatic N) is 1. The van der Waals surface area contributed by atoms with Crippen LogP contribution in [0.25, 0.3) is 0 Å². The van der Waals surface area contributed by atoms with Gasteiger partial charge in [0.05, 0.1) is 0 Å². The molecule has 1 aliphatic heterocycles. The predicted molar refractivity (Wildman–Crippen MR) is 100 cm³/mol. The van der Waals surface area contributed by atoms with Crippen LogP contribution in [-0.2, 0) is 17.8 Å². The Bertz CT molecular complexity index is 787. The van der Waals surface area contributed by atoms with Crippen LogP contribution in [0.5, 0.6) is 0 Å². The zero-order valence-corrected chi connectivity index (χ0v) is 15.0. The molecule has 0 atom stereocenters. The zero-order valence-electron chi connectivity index (χ0n) is 14.2. The van der Waals surface area contributed by atoms with Gasteiger partial charge >= 0.3 is 0 Å². The molecule has 0 saturated heterocycles. The molecule has 0 saturated carbocycles. The van der Waals surface area contributed by atoms with Gasteiger partial charge < -0.3 is 10.2 Å². The van der Waals surface area contributed by atoms with Crippen LogP contribution in [0.1, 0.15) is 41.3 Å². The summed E-state index contributed by atoms with van der Waals surface area (Å²) in [6, 6.07) is 13.0. The molecule has 0 aliphatic carbocycles. The van der Waals surface area contributed by atoms with Crippen LogP contribution in [0.3, 0.4) is 0 Å². The molecule has 0 radical (unpaired) electrons. The van der Waals surface area contributed by atoms with Gasteiger partial charge in [0.1, 0.15) is 0 Å². The third kappa shape index (κ3) is 4.02. The molecule has 0 fully saturated rings. The van der Waals surface area contributed by atoms with Crippen LogP contribution in [0.2, 0.25) is 5.02 Å². The van der Waals surface area contributed by atoms with Crippen molar-refractivity contribution in [2.24, 2.45) is 0 Å². The van der Waals surface area contributed by atoms with Gasteiger partial charge in [-0.25, -0.2) is 0 Å². The normalized spacial score (nSPS) is 12.8. The van der Waals surface area contributed by atoms with Crippen LogP contribution in [0.4, 0.5) is 5.69 Å². The van der Waals surface area contributed by atoms with Crippen LogP contribution < -0.4 is 10.2 Å². The highest BCUT2D eigenvalue weighted by molar-refractivity contribution is 6.30. The van der Waals surface area contributed by atoms with Gasteiger partial charge in [-0.3, -0.25) is 9.59 Å². The largest absolute Gasteiger partial charge is 0.352 e. The standard InChI is InChI=1S/C20H21ClN2O2/c1-2-3-19(24)22-13-14-4-9-18-16(12-14)10-11-23(18)20(25)15-5-7-17(21)8-6-15/h4-9,12H,2-3,10-11,13H2,1H3,(H,22,24). The van der Waals surface area contributed by atoms with E-state index in [0.29, 0.717) is 30.1 Å². The molecule has 4 nitrogen and oxygen atoms in total. The van der Waals surface area contributed by atoms with Gasteiger partial charge in [0, 0.05) is 35.8 Å². The average molecular weight is 357 g/mol. The fourth-order valence-electron chi connectivity index (χ4n) is 3.04. The molecule has 2 aromatic carbocycles. The molecule has 0 unspecified atom stereocenters. The minimum absolute atomic E-state index is 0.0144. The summed E-state index contributed by atoms with van der Waals surface area (Å²) < 4.78 is 0. The van der Waals surface area contributed by atoms with E-state index >= 15 is 0 Å². The molecule has 25 heavy (non-hydrogen) atoms. The van der Waals surface area contributed by atoms with Gasteiger partial charge in [0.2, 0.25) is 5.91 Å². The number of anilines is 1. The molecule has 0 spiro atoms. The van der Waals surface area contributed by atoms with Crippen LogP contribution in [0, 0.1) is 0 Å². The lowest BCUT2D eigenvalue weighted by atomic mass is 10.1. The van der Waals surface area contributed by atoms with E-state index < -0.39 is 0 Å². The van der Waals surface area contributed by atoms with Gasteiger partial charge in [-0.15, -0.1) is 0 Å². The molecule has 1 aliphatic rings. The number of amides is 2. The van der Waals surface area contributed by atoms with Gasteiger partial charge in [-0.1, -0.05) is 30.7 Å². The Hall–Kier alpha value is -2.33. The Kier molecular flexibility index (Phi) is 5.39. The number of carbonyl (C=O) groups excluding carboxylic acids is 2. The number of hydrogen-bond donors (Lipinski definition) is 1. The molecule has 0 bridgehead atoms. The Labute approximate surface area is 152 Å². The van der Waals surface area contributed by atoms with Crippen molar-refractivity contribution < 1.29 is 9.59 Å². The highest BCUT2D eigenvalue weighted by atomic mass is 35.5. The van der Waals surface area contributed by atoms with E-state index in [1.165, 1.54) is 0 Å². The number of hydrogen-bond acceptors (Lipinski definition) is 2. The lowest BCUT2D eigenvalue weighted by molar-refractivity contribution is -0.121. The fraction of sp³-hybridized carbons (Fsp3) is 0.300. The second-order valence-electron chi connectivity index (χ2n) is 6.20. The zero-order chi connectivity index (χ0) is 17.8. The van der Waals surface area contributed by atoms with Gasteiger partial charge in [-0.2, -0.15) is 0 Å². The second-order valence-corrected chi connectivity index (χ2v) is 6.64.